The average Bonchev–Trinajstić information content (AvgIpc) is 3.04. The standard InChI is InChI=1S/C18H16ClN3O2S/c1-11-6-8-13(9-7-11)17-21-22-18(25-17)20-16(23)12(2)24-15-5-3-4-14(19)10-15/h3-10,12H,1-2H3,(H,20,22,23). The molecule has 1 unspecified atom stereocenters. The Morgan fingerprint density at radius 2 is 1.96 bits per heavy atom. The van der Waals surface area contributed by atoms with Crippen LogP contribution in [0, 0.1) is 6.92 Å². The number of ether oxygens (including phenoxy) is 1. The third-order valence-corrected chi connectivity index (χ3v) is 4.55. The SMILES string of the molecule is Cc1ccc(-c2nnc(NC(=O)C(C)Oc3cccc(Cl)c3)s2)cc1. The summed E-state index contributed by atoms with van der Waals surface area (Å²) in [5, 5.41) is 12.6. The highest BCUT2D eigenvalue weighted by Gasteiger charge is 2.17. The predicted molar refractivity (Wildman–Crippen MR) is 100 cm³/mol. The molecule has 2 aromatic carbocycles. The van der Waals surface area contributed by atoms with Crippen LogP contribution in [0.1, 0.15) is 12.5 Å². The van der Waals surface area contributed by atoms with Crippen molar-refractivity contribution in [3.8, 4) is 16.3 Å². The second kappa shape index (κ2) is 7.63. The van der Waals surface area contributed by atoms with Crippen molar-refractivity contribution >= 4 is 34.0 Å². The van der Waals surface area contributed by atoms with Crippen molar-refractivity contribution in [2.24, 2.45) is 0 Å². The third-order valence-electron chi connectivity index (χ3n) is 3.43. The lowest BCUT2D eigenvalue weighted by Crippen LogP contribution is -2.30. The number of carbonyl (C=O) groups excluding carboxylic acids is 1. The summed E-state index contributed by atoms with van der Waals surface area (Å²) in [6, 6.07) is 14.9. The number of carbonyl (C=O) groups is 1. The molecule has 0 aliphatic heterocycles. The molecule has 128 valence electrons. The van der Waals surface area contributed by atoms with Gasteiger partial charge in [0.1, 0.15) is 10.8 Å². The molecule has 1 atom stereocenters. The van der Waals surface area contributed by atoms with Gasteiger partial charge >= 0.3 is 0 Å². The van der Waals surface area contributed by atoms with Gasteiger partial charge in [0.2, 0.25) is 5.13 Å². The molecule has 1 heterocycles. The van der Waals surface area contributed by atoms with Gasteiger partial charge in [-0.1, -0.05) is 58.8 Å². The Hall–Kier alpha value is -2.44. The van der Waals surface area contributed by atoms with Crippen molar-refractivity contribution in [3.05, 3.63) is 59.1 Å². The maximum absolute atomic E-state index is 12.3. The van der Waals surface area contributed by atoms with Gasteiger partial charge in [0.05, 0.1) is 0 Å². The van der Waals surface area contributed by atoms with Crippen LogP contribution in [0.25, 0.3) is 10.6 Å². The normalized spacial score (nSPS) is 11.8. The number of anilines is 1. The molecule has 0 radical (unpaired) electrons. The number of nitrogens with zero attached hydrogens (tertiary/aromatic N) is 2. The van der Waals surface area contributed by atoms with E-state index in [-0.39, 0.29) is 5.91 Å². The molecule has 0 aliphatic carbocycles. The Labute approximate surface area is 154 Å². The predicted octanol–water partition coefficient (Wildman–Crippen LogP) is 4.57. The van der Waals surface area contributed by atoms with Gasteiger partial charge in [-0.3, -0.25) is 10.1 Å². The summed E-state index contributed by atoms with van der Waals surface area (Å²) in [7, 11) is 0. The van der Waals surface area contributed by atoms with E-state index in [4.69, 9.17) is 16.3 Å². The lowest BCUT2D eigenvalue weighted by molar-refractivity contribution is -0.122. The first-order valence-corrected chi connectivity index (χ1v) is 8.84. The van der Waals surface area contributed by atoms with E-state index in [0.29, 0.717) is 15.9 Å². The van der Waals surface area contributed by atoms with Gasteiger partial charge in [0, 0.05) is 10.6 Å². The highest BCUT2D eigenvalue weighted by atomic mass is 35.5. The van der Waals surface area contributed by atoms with Crippen LogP contribution in [0.2, 0.25) is 5.02 Å². The Bertz CT molecular complexity index is 880. The van der Waals surface area contributed by atoms with Crippen molar-refractivity contribution in [1.29, 1.82) is 0 Å². The summed E-state index contributed by atoms with van der Waals surface area (Å²) >= 11 is 7.23. The van der Waals surface area contributed by atoms with Gasteiger partial charge in [0.25, 0.3) is 5.91 Å². The first-order valence-electron chi connectivity index (χ1n) is 7.65. The molecule has 0 saturated heterocycles. The molecule has 3 aromatic rings. The fraction of sp³-hybridized carbons (Fsp3) is 0.167. The second-order valence-corrected chi connectivity index (χ2v) is 6.90. The van der Waals surface area contributed by atoms with Gasteiger partial charge in [0.15, 0.2) is 6.10 Å². The van der Waals surface area contributed by atoms with E-state index in [9.17, 15) is 4.79 Å². The number of hydrogen-bond donors (Lipinski definition) is 1. The topological polar surface area (TPSA) is 64.1 Å². The van der Waals surface area contributed by atoms with Crippen molar-refractivity contribution < 1.29 is 9.53 Å². The fourth-order valence-corrected chi connectivity index (χ4v) is 3.02. The number of benzene rings is 2. The summed E-state index contributed by atoms with van der Waals surface area (Å²) in [5.74, 6) is 0.235. The van der Waals surface area contributed by atoms with Crippen molar-refractivity contribution in [3.63, 3.8) is 0 Å². The van der Waals surface area contributed by atoms with Crippen LogP contribution in [-0.4, -0.2) is 22.2 Å². The van der Waals surface area contributed by atoms with Gasteiger partial charge in [-0.2, -0.15) is 0 Å². The molecule has 0 aliphatic rings. The minimum atomic E-state index is -0.690. The largest absolute Gasteiger partial charge is 0.481 e. The van der Waals surface area contributed by atoms with E-state index in [2.05, 4.69) is 15.5 Å². The van der Waals surface area contributed by atoms with Crippen molar-refractivity contribution in [1.82, 2.24) is 10.2 Å². The van der Waals surface area contributed by atoms with Crippen LogP contribution in [-0.2, 0) is 4.79 Å². The molecular formula is C18H16ClN3O2S. The zero-order valence-corrected chi connectivity index (χ0v) is 15.3. The Morgan fingerprint density at radius 3 is 2.68 bits per heavy atom. The Balaban J connectivity index is 1.64. The number of amides is 1. The number of rotatable bonds is 5. The van der Waals surface area contributed by atoms with Crippen LogP contribution in [0.3, 0.4) is 0 Å². The van der Waals surface area contributed by atoms with Crippen LogP contribution >= 0.6 is 22.9 Å². The van der Waals surface area contributed by atoms with Crippen LogP contribution in [0.4, 0.5) is 5.13 Å². The number of halogens is 1. The monoisotopic (exact) mass is 373 g/mol. The lowest BCUT2D eigenvalue weighted by atomic mass is 10.2. The summed E-state index contributed by atoms with van der Waals surface area (Å²) < 4.78 is 5.59. The highest BCUT2D eigenvalue weighted by molar-refractivity contribution is 7.18. The van der Waals surface area contributed by atoms with E-state index in [1.807, 2.05) is 31.2 Å². The maximum Gasteiger partial charge on any atom is 0.266 e. The number of nitrogens with one attached hydrogen (secondary N) is 1. The van der Waals surface area contributed by atoms with E-state index >= 15 is 0 Å². The molecule has 1 amide bonds. The molecule has 1 N–H and O–H groups in total. The van der Waals surface area contributed by atoms with Crippen molar-refractivity contribution in [2.75, 3.05) is 5.32 Å². The van der Waals surface area contributed by atoms with Gasteiger partial charge in [-0.25, -0.2) is 0 Å². The van der Waals surface area contributed by atoms with Crippen molar-refractivity contribution in [2.45, 2.75) is 20.0 Å². The van der Waals surface area contributed by atoms with Gasteiger partial charge in [-0.15, -0.1) is 10.2 Å². The smallest absolute Gasteiger partial charge is 0.266 e. The molecule has 0 fully saturated rings. The molecule has 7 heteroatoms. The van der Waals surface area contributed by atoms with Crippen LogP contribution < -0.4 is 10.1 Å². The van der Waals surface area contributed by atoms with Gasteiger partial charge in [-0.05, 0) is 32.0 Å². The third kappa shape index (κ3) is 4.55. The summed E-state index contributed by atoms with van der Waals surface area (Å²) in [5.41, 5.74) is 2.14. The van der Waals surface area contributed by atoms with E-state index in [0.717, 1.165) is 10.6 Å². The molecule has 0 spiro atoms. The highest BCUT2D eigenvalue weighted by Crippen LogP contribution is 2.26. The average molecular weight is 374 g/mol. The molecule has 3 rings (SSSR count). The molecule has 0 saturated carbocycles. The second-order valence-electron chi connectivity index (χ2n) is 5.49. The number of aryl methyl sites for hydroxylation is 1. The molecule has 25 heavy (non-hydrogen) atoms. The van der Waals surface area contributed by atoms with E-state index in [1.165, 1.54) is 16.9 Å². The van der Waals surface area contributed by atoms with E-state index < -0.39 is 6.10 Å². The minimum absolute atomic E-state index is 0.299. The molecule has 0 bridgehead atoms. The first-order chi connectivity index (χ1) is 12.0. The van der Waals surface area contributed by atoms with Gasteiger partial charge < -0.3 is 4.74 Å². The first kappa shape index (κ1) is 17.4. The minimum Gasteiger partial charge on any atom is -0.481 e. The molecular weight excluding hydrogens is 358 g/mol. The number of hydrogen-bond acceptors (Lipinski definition) is 5. The Morgan fingerprint density at radius 1 is 1.20 bits per heavy atom. The fourth-order valence-electron chi connectivity index (χ4n) is 2.09. The molecule has 1 aromatic heterocycles. The van der Waals surface area contributed by atoms with Crippen LogP contribution in [0.5, 0.6) is 5.75 Å². The Kier molecular flexibility index (Phi) is 5.31. The molecule has 5 nitrogen and oxygen atoms in total. The maximum atomic E-state index is 12.3. The lowest BCUT2D eigenvalue weighted by Gasteiger charge is -2.13. The zero-order valence-electron chi connectivity index (χ0n) is 13.7. The summed E-state index contributed by atoms with van der Waals surface area (Å²) in [6.07, 6.45) is -0.690. The number of aromatic nitrogens is 2. The quantitative estimate of drug-likeness (QED) is 0.711. The van der Waals surface area contributed by atoms with E-state index in [1.54, 1.807) is 31.2 Å². The zero-order chi connectivity index (χ0) is 17.8. The summed E-state index contributed by atoms with van der Waals surface area (Å²) in [4.78, 5) is 12.3. The summed E-state index contributed by atoms with van der Waals surface area (Å²) in [6.45, 7) is 3.69. The van der Waals surface area contributed by atoms with Crippen LogP contribution in [0.15, 0.2) is 48.5 Å².